The van der Waals surface area contributed by atoms with Crippen molar-refractivity contribution in [1.82, 2.24) is 4.90 Å². The maximum atomic E-state index is 7.80. The lowest BCUT2D eigenvalue weighted by Gasteiger charge is -2.46. The van der Waals surface area contributed by atoms with Gasteiger partial charge >= 0.3 is 0 Å². The van der Waals surface area contributed by atoms with Crippen molar-refractivity contribution in [3.8, 4) is 0 Å². The Kier molecular flexibility index (Phi) is 9.12. The highest BCUT2D eigenvalue weighted by atomic mass is 28.4. The molecule has 4 aromatic carbocycles. The third kappa shape index (κ3) is 5.83. The fourth-order valence-electron chi connectivity index (χ4n) is 8.44. The average Bonchev–Trinajstić information content (AvgIpc) is 3.63. The van der Waals surface area contributed by atoms with Gasteiger partial charge in [0.2, 0.25) is 0 Å². The minimum atomic E-state index is -2.66. The highest BCUT2D eigenvalue weighted by Crippen LogP contribution is 2.43. The van der Waals surface area contributed by atoms with Gasteiger partial charge in [0.15, 0.2) is 0 Å². The van der Waals surface area contributed by atoms with Crippen molar-refractivity contribution in [3.05, 3.63) is 121 Å². The van der Waals surface area contributed by atoms with Crippen molar-refractivity contribution in [1.29, 1.82) is 0 Å². The number of nitrogens with zero attached hydrogens (tertiary/aromatic N) is 1. The van der Waals surface area contributed by atoms with E-state index < -0.39 is 16.6 Å². The smallest absolute Gasteiger partial charge is 0.261 e. The number of rotatable bonds is 9. The van der Waals surface area contributed by atoms with Crippen LogP contribution in [0.25, 0.3) is 0 Å². The molecule has 0 radical (unpaired) electrons. The summed E-state index contributed by atoms with van der Waals surface area (Å²) in [7, 11) is -5.27. The molecule has 3 atom stereocenters. The minimum absolute atomic E-state index is 0.0332. The largest absolute Gasteiger partial charge is 0.407 e. The second-order valence-corrected chi connectivity index (χ2v) is 23.7. The van der Waals surface area contributed by atoms with Crippen LogP contribution in [0, 0.1) is 5.92 Å². The molecule has 0 spiro atoms. The predicted molar refractivity (Wildman–Crippen MR) is 194 cm³/mol. The third-order valence-electron chi connectivity index (χ3n) is 10.4. The Balaban J connectivity index is 1.36. The Morgan fingerprint density at radius 1 is 0.556 bits per heavy atom. The highest BCUT2D eigenvalue weighted by Gasteiger charge is 2.56. The van der Waals surface area contributed by atoms with Crippen LogP contribution in [0.5, 0.6) is 0 Å². The van der Waals surface area contributed by atoms with Gasteiger partial charge < -0.3 is 8.85 Å². The van der Waals surface area contributed by atoms with Crippen molar-refractivity contribution >= 4 is 37.4 Å². The summed E-state index contributed by atoms with van der Waals surface area (Å²) in [6.45, 7) is 17.3. The first-order chi connectivity index (χ1) is 21.6. The molecule has 6 rings (SSSR count). The molecule has 0 aromatic heterocycles. The lowest BCUT2D eigenvalue weighted by molar-refractivity contribution is 0.103. The zero-order valence-electron chi connectivity index (χ0n) is 28.1. The van der Waals surface area contributed by atoms with Crippen LogP contribution in [0.4, 0.5) is 0 Å². The summed E-state index contributed by atoms with van der Waals surface area (Å²) < 4.78 is 15.3. The highest BCUT2D eigenvalue weighted by molar-refractivity contribution is 7.00. The van der Waals surface area contributed by atoms with Gasteiger partial charge in [0.25, 0.3) is 16.6 Å². The monoisotopic (exact) mass is 633 g/mol. The lowest BCUT2D eigenvalue weighted by Crippen LogP contribution is -2.68. The van der Waals surface area contributed by atoms with E-state index in [0.29, 0.717) is 12.0 Å². The number of hydrogen-bond donors (Lipinski definition) is 0. The third-order valence-corrected chi connectivity index (χ3v) is 20.5. The molecule has 2 saturated heterocycles. The Hall–Kier alpha value is -2.81. The van der Waals surface area contributed by atoms with Crippen LogP contribution in [0.3, 0.4) is 0 Å². The van der Waals surface area contributed by atoms with Crippen molar-refractivity contribution < 1.29 is 8.85 Å². The Bertz CT molecular complexity index is 1440. The molecule has 2 heterocycles. The molecule has 3 nitrogen and oxygen atoms in total. The molecule has 236 valence electrons. The van der Waals surface area contributed by atoms with E-state index in [4.69, 9.17) is 8.85 Å². The summed E-state index contributed by atoms with van der Waals surface area (Å²) in [5.74, 6) is 0.428. The molecule has 5 heteroatoms. The van der Waals surface area contributed by atoms with Gasteiger partial charge in [-0.05, 0) is 50.2 Å². The van der Waals surface area contributed by atoms with E-state index in [1.807, 2.05) is 0 Å². The van der Waals surface area contributed by atoms with Gasteiger partial charge in [-0.2, -0.15) is 0 Å². The van der Waals surface area contributed by atoms with Crippen molar-refractivity contribution in [3.63, 3.8) is 0 Å². The fourth-order valence-corrected chi connectivity index (χ4v) is 17.8. The normalized spacial score (nSPS) is 21.2. The van der Waals surface area contributed by atoms with Gasteiger partial charge in [0.1, 0.15) is 0 Å². The molecule has 2 fully saturated rings. The second-order valence-electron chi connectivity index (χ2n) is 15.2. The SMILES string of the molecule is CC(C)(C)[Si](OC[C@@H]1CCN2CC[C@@H](O[Si](c3ccccc3)(c3ccccc3)C(C)(C)C)[C@@H]12)(c1ccccc1)c1ccccc1. The van der Waals surface area contributed by atoms with Crippen LogP contribution in [0.1, 0.15) is 54.4 Å². The van der Waals surface area contributed by atoms with Crippen LogP contribution in [-0.4, -0.2) is 53.4 Å². The molecule has 45 heavy (non-hydrogen) atoms. The van der Waals surface area contributed by atoms with Gasteiger partial charge in [-0.25, -0.2) is 0 Å². The van der Waals surface area contributed by atoms with Crippen molar-refractivity contribution in [2.75, 3.05) is 19.7 Å². The number of hydrogen-bond acceptors (Lipinski definition) is 3. The molecular formula is C40H51NO2Si2. The summed E-state index contributed by atoms with van der Waals surface area (Å²) in [5, 5.41) is 5.35. The van der Waals surface area contributed by atoms with Crippen LogP contribution in [0.15, 0.2) is 121 Å². The summed E-state index contributed by atoms with van der Waals surface area (Å²) >= 11 is 0. The van der Waals surface area contributed by atoms with Crippen LogP contribution >= 0.6 is 0 Å². The maximum absolute atomic E-state index is 7.80. The first-order valence-electron chi connectivity index (χ1n) is 16.9. The van der Waals surface area contributed by atoms with Crippen molar-refractivity contribution in [2.24, 2.45) is 5.92 Å². The molecule has 0 saturated carbocycles. The zero-order valence-corrected chi connectivity index (χ0v) is 30.1. The maximum Gasteiger partial charge on any atom is 0.261 e. The van der Waals surface area contributed by atoms with E-state index in [1.54, 1.807) is 0 Å². The van der Waals surface area contributed by atoms with E-state index in [1.165, 1.54) is 20.7 Å². The van der Waals surface area contributed by atoms with Crippen LogP contribution < -0.4 is 20.7 Å². The average molecular weight is 634 g/mol. The predicted octanol–water partition coefficient (Wildman–Crippen LogP) is 6.60. The summed E-state index contributed by atoms with van der Waals surface area (Å²) in [6, 6.07) is 44.8. The Morgan fingerprint density at radius 2 is 0.933 bits per heavy atom. The van der Waals surface area contributed by atoms with E-state index in [9.17, 15) is 0 Å². The fraction of sp³-hybridized carbons (Fsp3) is 0.400. The molecule has 0 N–H and O–H groups in total. The first kappa shape index (κ1) is 32.1. The molecule has 0 bridgehead atoms. The lowest BCUT2D eigenvalue weighted by atomic mass is 9.97. The van der Waals surface area contributed by atoms with E-state index in [2.05, 4.69) is 168 Å². The summed E-state index contributed by atoms with van der Waals surface area (Å²) in [4.78, 5) is 2.71. The van der Waals surface area contributed by atoms with Crippen LogP contribution in [0.2, 0.25) is 10.1 Å². The quantitative estimate of drug-likeness (QED) is 0.194. The van der Waals surface area contributed by atoms with E-state index >= 15 is 0 Å². The van der Waals surface area contributed by atoms with Gasteiger partial charge in [-0.3, -0.25) is 4.90 Å². The molecule has 0 aliphatic carbocycles. The Labute approximate surface area is 273 Å². The molecular weight excluding hydrogens is 583 g/mol. The standard InChI is InChI=1S/C40H51NO2Si2/c1-39(2,3)44(33-19-11-7-12-20-33,34-21-13-8-14-22-34)42-31-32-27-29-41-30-28-37(38(32)41)43-45(40(4,5)6,35-23-15-9-16-24-35)36-25-17-10-18-26-36/h7-26,32,37-38H,27-31H2,1-6H3/t32-,37+,38+/m0/s1. The number of fused-ring (bicyclic) bond motifs is 1. The molecule has 2 aliphatic rings. The van der Waals surface area contributed by atoms with Gasteiger partial charge in [-0.1, -0.05) is 163 Å². The Morgan fingerprint density at radius 3 is 1.33 bits per heavy atom. The molecule has 0 amide bonds. The minimum Gasteiger partial charge on any atom is -0.407 e. The zero-order chi connectivity index (χ0) is 31.7. The molecule has 0 unspecified atom stereocenters. The number of benzene rings is 4. The molecule has 4 aromatic rings. The summed E-state index contributed by atoms with van der Waals surface area (Å²) in [5.41, 5.74) is 0. The molecule has 2 aliphatic heterocycles. The van der Waals surface area contributed by atoms with Gasteiger partial charge in [-0.15, -0.1) is 0 Å². The van der Waals surface area contributed by atoms with Crippen LogP contribution in [-0.2, 0) is 8.85 Å². The van der Waals surface area contributed by atoms with Gasteiger partial charge in [0.05, 0.1) is 6.10 Å². The summed E-state index contributed by atoms with van der Waals surface area (Å²) in [6.07, 6.45) is 2.40. The van der Waals surface area contributed by atoms with E-state index in [-0.39, 0.29) is 16.2 Å². The van der Waals surface area contributed by atoms with Crippen molar-refractivity contribution in [2.45, 2.75) is 76.6 Å². The second kappa shape index (κ2) is 12.8. The van der Waals surface area contributed by atoms with E-state index in [0.717, 1.165) is 32.5 Å². The topological polar surface area (TPSA) is 21.7 Å². The van der Waals surface area contributed by atoms with Gasteiger partial charge in [0, 0.05) is 25.1 Å². The first-order valence-corrected chi connectivity index (χ1v) is 20.7.